The Bertz CT molecular complexity index is 617. The molecule has 1 aromatic rings. The van der Waals surface area contributed by atoms with E-state index in [1.165, 1.54) is 24.0 Å². The zero-order valence-electron chi connectivity index (χ0n) is 15.9. The number of nitrogens with one attached hydrogen (secondary N) is 1. The Labute approximate surface area is 156 Å². The van der Waals surface area contributed by atoms with Crippen molar-refractivity contribution >= 4 is 12.0 Å². The minimum Gasteiger partial charge on any atom is -0.450 e. The molecule has 0 bridgehead atoms. The molecule has 1 aromatic carbocycles. The van der Waals surface area contributed by atoms with E-state index in [1.807, 2.05) is 6.92 Å². The molecule has 142 valence electrons. The van der Waals surface area contributed by atoms with Crippen molar-refractivity contribution in [3.05, 3.63) is 35.4 Å². The summed E-state index contributed by atoms with van der Waals surface area (Å²) in [7, 11) is 0. The number of hydrogen-bond acceptors (Lipinski definition) is 3. The minimum atomic E-state index is -0.245. The highest BCUT2D eigenvalue weighted by atomic mass is 16.6. The summed E-state index contributed by atoms with van der Waals surface area (Å²) in [5.74, 6) is 1.11. The molecular formula is C21H30N2O3. The number of ether oxygens (including phenoxy) is 1. The van der Waals surface area contributed by atoms with Crippen LogP contribution in [0.25, 0.3) is 0 Å². The lowest BCUT2D eigenvalue weighted by molar-refractivity contribution is -0.122. The van der Waals surface area contributed by atoms with E-state index in [-0.39, 0.29) is 18.0 Å². The zero-order valence-corrected chi connectivity index (χ0v) is 15.9. The fourth-order valence-electron chi connectivity index (χ4n) is 3.78. The van der Waals surface area contributed by atoms with Gasteiger partial charge in [0, 0.05) is 25.6 Å². The van der Waals surface area contributed by atoms with Crippen molar-refractivity contribution in [1.29, 1.82) is 0 Å². The van der Waals surface area contributed by atoms with Gasteiger partial charge >= 0.3 is 6.09 Å². The summed E-state index contributed by atoms with van der Waals surface area (Å²) >= 11 is 0. The van der Waals surface area contributed by atoms with E-state index in [0.717, 1.165) is 12.8 Å². The number of carbonyl (C=O) groups excluding carboxylic acids is 2. The van der Waals surface area contributed by atoms with Crippen LogP contribution >= 0.6 is 0 Å². The summed E-state index contributed by atoms with van der Waals surface area (Å²) in [5.41, 5.74) is 2.53. The summed E-state index contributed by atoms with van der Waals surface area (Å²) in [5, 5.41) is 3.19. The first-order valence-corrected chi connectivity index (χ1v) is 9.84. The van der Waals surface area contributed by atoms with E-state index in [2.05, 4.69) is 36.5 Å². The van der Waals surface area contributed by atoms with Crippen molar-refractivity contribution < 1.29 is 14.3 Å². The number of piperidine rings is 1. The Morgan fingerprint density at radius 2 is 1.81 bits per heavy atom. The fourth-order valence-corrected chi connectivity index (χ4v) is 3.78. The average molecular weight is 358 g/mol. The summed E-state index contributed by atoms with van der Waals surface area (Å²) < 4.78 is 5.04. The third-order valence-corrected chi connectivity index (χ3v) is 5.49. The van der Waals surface area contributed by atoms with Gasteiger partial charge in [-0.25, -0.2) is 4.79 Å². The van der Waals surface area contributed by atoms with Gasteiger partial charge in [-0.3, -0.25) is 4.79 Å². The average Bonchev–Trinajstić information content (AvgIpc) is 3.46. The lowest BCUT2D eigenvalue weighted by atomic mass is 9.90. The maximum atomic E-state index is 12.6. The number of rotatable bonds is 6. The predicted molar refractivity (Wildman–Crippen MR) is 101 cm³/mol. The largest absolute Gasteiger partial charge is 0.450 e. The molecule has 2 fully saturated rings. The molecule has 1 N–H and O–H groups in total. The van der Waals surface area contributed by atoms with E-state index < -0.39 is 0 Å². The van der Waals surface area contributed by atoms with E-state index in [4.69, 9.17) is 4.74 Å². The van der Waals surface area contributed by atoms with Crippen molar-refractivity contribution in [2.24, 2.45) is 5.92 Å². The lowest BCUT2D eigenvalue weighted by Gasteiger charge is -2.32. The molecule has 26 heavy (non-hydrogen) atoms. The summed E-state index contributed by atoms with van der Waals surface area (Å²) in [6.07, 6.45) is 4.36. The van der Waals surface area contributed by atoms with Gasteiger partial charge in [0.2, 0.25) is 5.91 Å². The van der Waals surface area contributed by atoms with Crippen LogP contribution < -0.4 is 5.32 Å². The Morgan fingerprint density at radius 1 is 1.15 bits per heavy atom. The molecule has 1 saturated heterocycles. The maximum absolute atomic E-state index is 12.6. The zero-order chi connectivity index (χ0) is 18.5. The van der Waals surface area contributed by atoms with E-state index >= 15 is 0 Å². The predicted octanol–water partition coefficient (Wildman–Crippen LogP) is 3.62. The van der Waals surface area contributed by atoms with Gasteiger partial charge < -0.3 is 15.0 Å². The number of likely N-dealkylation sites (tertiary alicyclic amines) is 1. The van der Waals surface area contributed by atoms with E-state index in [0.29, 0.717) is 38.0 Å². The topological polar surface area (TPSA) is 58.6 Å². The molecule has 1 heterocycles. The summed E-state index contributed by atoms with van der Waals surface area (Å²) in [4.78, 5) is 26.1. The van der Waals surface area contributed by atoms with Crippen LogP contribution in [0, 0.1) is 12.8 Å². The fraction of sp³-hybridized carbons (Fsp3) is 0.619. The Balaban J connectivity index is 1.49. The molecular weight excluding hydrogens is 328 g/mol. The van der Waals surface area contributed by atoms with Crippen molar-refractivity contribution in [1.82, 2.24) is 10.2 Å². The summed E-state index contributed by atoms with van der Waals surface area (Å²) in [6.45, 7) is 5.60. The Kier molecular flexibility index (Phi) is 6.17. The molecule has 0 spiro atoms. The molecule has 0 radical (unpaired) electrons. The van der Waals surface area contributed by atoms with Crippen LogP contribution in [0.1, 0.15) is 56.1 Å². The SMILES string of the molecule is CCOC(=O)N1CCC(NC(=O)CC(c2ccc(C)cc2)C2CC2)CC1. The molecule has 0 aromatic heterocycles. The summed E-state index contributed by atoms with van der Waals surface area (Å²) in [6, 6.07) is 8.76. The normalized spacial score (nSPS) is 19.1. The van der Waals surface area contributed by atoms with Crippen LogP contribution in [0.3, 0.4) is 0 Å². The van der Waals surface area contributed by atoms with Gasteiger partial charge in [-0.1, -0.05) is 29.8 Å². The lowest BCUT2D eigenvalue weighted by Crippen LogP contribution is -2.46. The van der Waals surface area contributed by atoms with Crippen molar-refractivity contribution in [3.63, 3.8) is 0 Å². The first kappa shape index (κ1) is 18.7. The standard InChI is InChI=1S/C21H30N2O3/c1-3-26-21(25)23-12-10-18(11-13-23)22-20(24)14-19(17-8-9-17)16-6-4-15(2)5-7-16/h4-7,17-19H,3,8-14H2,1-2H3,(H,22,24). The van der Waals surface area contributed by atoms with Gasteiger partial charge in [0.15, 0.2) is 0 Å². The van der Waals surface area contributed by atoms with Crippen LogP contribution in [0.5, 0.6) is 0 Å². The number of aryl methyl sites for hydroxylation is 1. The highest BCUT2D eigenvalue weighted by Gasteiger charge is 2.34. The number of hydrogen-bond donors (Lipinski definition) is 1. The third kappa shape index (κ3) is 4.99. The van der Waals surface area contributed by atoms with Crippen molar-refractivity contribution in [2.45, 2.75) is 57.9 Å². The van der Waals surface area contributed by atoms with Crippen LogP contribution in [0.15, 0.2) is 24.3 Å². The number of carbonyl (C=O) groups is 2. The smallest absolute Gasteiger partial charge is 0.409 e. The molecule has 3 rings (SSSR count). The molecule has 5 heteroatoms. The van der Waals surface area contributed by atoms with Crippen molar-refractivity contribution in [3.8, 4) is 0 Å². The quantitative estimate of drug-likeness (QED) is 0.845. The first-order chi connectivity index (χ1) is 12.6. The molecule has 1 atom stereocenters. The van der Waals surface area contributed by atoms with Gasteiger partial charge in [-0.05, 0) is 56.9 Å². The highest BCUT2D eigenvalue weighted by molar-refractivity contribution is 5.77. The van der Waals surface area contributed by atoms with Crippen LogP contribution in [0.4, 0.5) is 4.79 Å². The van der Waals surface area contributed by atoms with Gasteiger partial charge in [-0.15, -0.1) is 0 Å². The third-order valence-electron chi connectivity index (χ3n) is 5.49. The Hall–Kier alpha value is -2.04. The molecule has 1 aliphatic heterocycles. The van der Waals surface area contributed by atoms with Gasteiger partial charge in [-0.2, -0.15) is 0 Å². The second kappa shape index (κ2) is 8.56. The number of amides is 2. The minimum absolute atomic E-state index is 0.136. The van der Waals surface area contributed by atoms with E-state index in [9.17, 15) is 9.59 Å². The molecule has 1 aliphatic carbocycles. The number of nitrogens with zero attached hydrogens (tertiary/aromatic N) is 1. The van der Waals surface area contributed by atoms with Crippen LogP contribution in [-0.2, 0) is 9.53 Å². The highest BCUT2D eigenvalue weighted by Crippen LogP contribution is 2.44. The second-order valence-electron chi connectivity index (χ2n) is 7.59. The maximum Gasteiger partial charge on any atom is 0.409 e. The molecule has 2 amide bonds. The van der Waals surface area contributed by atoms with Gasteiger partial charge in [0.1, 0.15) is 0 Å². The molecule has 1 unspecified atom stereocenters. The molecule has 5 nitrogen and oxygen atoms in total. The Morgan fingerprint density at radius 3 is 2.38 bits per heavy atom. The second-order valence-corrected chi connectivity index (χ2v) is 7.59. The molecule has 1 saturated carbocycles. The van der Waals surface area contributed by atoms with Crippen LogP contribution in [0.2, 0.25) is 0 Å². The number of benzene rings is 1. The van der Waals surface area contributed by atoms with Crippen LogP contribution in [-0.4, -0.2) is 42.6 Å². The van der Waals surface area contributed by atoms with Gasteiger partial charge in [0.05, 0.1) is 6.61 Å². The van der Waals surface area contributed by atoms with E-state index in [1.54, 1.807) is 4.90 Å². The molecule has 2 aliphatic rings. The monoisotopic (exact) mass is 358 g/mol. The van der Waals surface area contributed by atoms with Gasteiger partial charge in [0.25, 0.3) is 0 Å². The first-order valence-electron chi connectivity index (χ1n) is 9.84. The van der Waals surface area contributed by atoms with Crippen molar-refractivity contribution in [2.75, 3.05) is 19.7 Å².